The highest BCUT2D eigenvalue weighted by Crippen LogP contribution is 2.35. The van der Waals surface area contributed by atoms with Crippen LogP contribution < -0.4 is 19.9 Å². The van der Waals surface area contributed by atoms with Gasteiger partial charge in [-0.05, 0) is 12.1 Å². The maximum Gasteiger partial charge on any atom is 0.231 e. The number of hydrogen-bond acceptors (Lipinski definition) is 6. The van der Waals surface area contributed by atoms with Gasteiger partial charge in [-0.2, -0.15) is 0 Å². The van der Waals surface area contributed by atoms with Crippen LogP contribution in [-0.2, 0) is 6.42 Å². The van der Waals surface area contributed by atoms with Gasteiger partial charge in [-0.25, -0.2) is 4.98 Å². The third kappa shape index (κ3) is 2.33. The van der Waals surface area contributed by atoms with Crippen LogP contribution in [0.2, 0.25) is 0 Å². The molecule has 1 aromatic carbocycles. The summed E-state index contributed by atoms with van der Waals surface area (Å²) in [6, 6.07) is 5.54. The first-order valence-corrected chi connectivity index (χ1v) is 6.41. The van der Waals surface area contributed by atoms with Gasteiger partial charge < -0.3 is 19.9 Å². The summed E-state index contributed by atoms with van der Waals surface area (Å²) in [5.74, 6) is 2.25. The summed E-state index contributed by atoms with van der Waals surface area (Å²) in [5.41, 5.74) is 6.52. The average molecular weight is 264 g/mol. The molecule has 3 rings (SSSR count). The largest absolute Gasteiger partial charge is 0.493 e. The first-order chi connectivity index (χ1) is 8.81. The third-order valence-electron chi connectivity index (χ3n) is 2.54. The second kappa shape index (κ2) is 4.73. The third-order valence-corrected chi connectivity index (χ3v) is 3.26. The van der Waals surface area contributed by atoms with Crippen LogP contribution in [0.3, 0.4) is 0 Å². The van der Waals surface area contributed by atoms with E-state index in [2.05, 4.69) is 4.98 Å². The van der Waals surface area contributed by atoms with Crippen molar-refractivity contribution >= 4 is 16.5 Å². The van der Waals surface area contributed by atoms with Crippen molar-refractivity contribution in [2.24, 2.45) is 0 Å². The minimum Gasteiger partial charge on any atom is -0.493 e. The molecule has 6 heteroatoms. The molecule has 1 aliphatic heterocycles. The van der Waals surface area contributed by atoms with Gasteiger partial charge in [-0.1, -0.05) is 0 Å². The van der Waals surface area contributed by atoms with E-state index < -0.39 is 0 Å². The molecule has 0 bridgehead atoms. The van der Waals surface area contributed by atoms with E-state index in [4.69, 9.17) is 19.9 Å². The van der Waals surface area contributed by atoms with E-state index in [1.807, 2.05) is 23.6 Å². The fraction of sp³-hybridized carbons (Fsp3) is 0.250. The Bertz CT molecular complexity index is 556. The first kappa shape index (κ1) is 11.2. The first-order valence-electron chi connectivity index (χ1n) is 5.53. The predicted molar refractivity (Wildman–Crippen MR) is 68.3 cm³/mol. The zero-order valence-electron chi connectivity index (χ0n) is 9.59. The average Bonchev–Trinajstić information content (AvgIpc) is 2.97. The summed E-state index contributed by atoms with van der Waals surface area (Å²) in [7, 11) is 0. The summed E-state index contributed by atoms with van der Waals surface area (Å²) in [4.78, 5) is 4.17. The highest BCUT2D eigenvalue weighted by molar-refractivity contribution is 7.13. The molecule has 18 heavy (non-hydrogen) atoms. The summed E-state index contributed by atoms with van der Waals surface area (Å²) >= 11 is 1.44. The molecule has 94 valence electrons. The standard InChI is InChI=1S/C12H12N2O3S/c13-12-14-8(6-18-12)3-4-15-9-1-2-10-11(5-9)17-7-16-10/h1-2,5-6H,3-4,7H2,(H2,13,14). The number of nitrogen functional groups attached to an aromatic ring is 1. The number of rotatable bonds is 4. The Morgan fingerprint density at radius 3 is 3.06 bits per heavy atom. The molecule has 0 spiro atoms. The summed E-state index contributed by atoms with van der Waals surface area (Å²) in [6.45, 7) is 0.833. The molecule has 0 radical (unpaired) electrons. The van der Waals surface area contributed by atoms with E-state index in [0.717, 1.165) is 29.4 Å². The van der Waals surface area contributed by atoms with Crippen molar-refractivity contribution in [1.29, 1.82) is 0 Å². The van der Waals surface area contributed by atoms with Crippen molar-refractivity contribution in [2.75, 3.05) is 19.1 Å². The molecule has 1 aliphatic rings. The summed E-state index contributed by atoms with van der Waals surface area (Å²) in [5, 5.41) is 2.53. The Hall–Kier alpha value is -1.95. The molecule has 1 aromatic heterocycles. The maximum atomic E-state index is 5.63. The molecule has 2 N–H and O–H groups in total. The zero-order valence-corrected chi connectivity index (χ0v) is 10.4. The lowest BCUT2D eigenvalue weighted by molar-refractivity contribution is 0.173. The van der Waals surface area contributed by atoms with E-state index in [0.29, 0.717) is 11.7 Å². The molecular formula is C12H12N2O3S. The van der Waals surface area contributed by atoms with E-state index in [1.165, 1.54) is 11.3 Å². The number of benzene rings is 1. The van der Waals surface area contributed by atoms with Gasteiger partial charge >= 0.3 is 0 Å². The predicted octanol–water partition coefficient (Wildman–Crippen LogP) is 2.08. The van der Waals surface area contributed by atoms with Crippen molar-refractivity contribution < 1.29 is 14.2 Å². The maximum absolute atomic E-state index is 5.63. The van der Waals surface area contributed by atoms with E-state index >= 15 is 0 Å². The van der Waals surface area contributed by atoms with Gasteiger partial charge in [0.15, 0.2) is 16.6 Å². The number of ether oxygens (including phenoxy) is 3. The van der Waals surface area contributed by atoms with E-state index in [-0.39, 0.29) is 6.79 Å². The van der Waals surface area contributed by atoms with E-state index in [9.17, 15) is 0 Å². The van der Waals surface area contributed by atoms with Gasteiger partial charge in [0.05, 0.1) is 12.3 Å². The topological polar surface area (TPSA) is 66.6 Å². The van der Waals surface area contributed by atoms with Gasteiger partial charge in [-0.15, -0.1) is 11.3 Å². The van der Waals surface area contributed by atoms with Crippen molar-refractivity contribution in [3.05, 3.63) is 29.3 Å². The molecule has 0 fully saturated rings. The number of thiazole rings is 1. The van der Waals surface area contributed by atoms with Crippen LogP contribution in [0.1, 0.15) is 5.69 Å². The second-order valence-corrected chi connectivity index (χ2v) is 4.68. The number of aromatic nitrogens is 1. The van der Waals surface area contributed by atoms with E-state index in [1.54, 1.807) is 0 Å². The van der Waals surface area contributed by atoms with Gasteiger partial charge in [-0.3, -0.25) is 0 Å². The van der Waals surface area contributed by atoms with Crippen LogP contribution in [0.25, 0.3) is 0 Å². The lowest BCUT2D eigenvalue weighted by atomic mass is 10.3. The second-order valence-electron chi connectivity index (χ2n) is 3.79. The van der Waals surface area contributed by atoms with Crippen LogP contribution in [0.15, 0.2) is 23.6 Å². The molecule has 2 heterocycles. The van der Waals surface area contributed by atoms with Crippen LogP contribution in [0.5, 0.6) is 17.2 Å². The van der Waals surface area contributed by atoms with Crippen LogP contribution in [-0.4, -0.2) is 18.4 Å². The Balaban J connectivity index is 1.57. The highest BCUT2D eigenvalue weighted by atomic mass is 32.1. The molecule has 0 saturated carbocycles. The fourth-order valence-corrected chi connectivity index (χ4v) is 2.27. The summed E-state index contributed by atoms with van der Waals surface area (Å²) < 4.78 is 16.1. The normalized spacial score (nSPS) is 12.7. The molecule has 0 atom stereocenters. The van der Waals surface area contributed by atoms with Gasteiger partial charge in [0.25, 0.3) is 0 Å². The monoisotopic (exact) mass is 264 g/mol. The quantitative estimate of drug-likeness (QED) is 0.915. The van der Waals surface area contributed by atoms with Crippen molar-refractivity contribution in [3.8, 4) is 17.2 Å². The van der Waals surface area contributed by atoms with Crippen LogP contribution >= 0.6 is 11.3 Å². The fourth-order valence-electron chi connectivity index (χ4n) is 1.68. The van der Waals surface area contributed by atoms with Gasteiger partial charge in [0.2, 0.25) is 6.79 Å². The molecule has 5 nitrogen and oxygen atoms in total. The number of fused-ring (bicyclic) bond motifs is 1. The Morgan fingerprint density at radius 1 is 1.33 bits per heavy atom. The molecule has 0 aliphatic carbocycles. The van der Waals surface area contributed by atoms with Crippen LogP contribution in [0.4, 0.5) is 5.13 Å². The number of anilines is 1. The molecule has 0 unspecified atom stereocenters. The molecule has 2 aromatic rings. The minimum atomic E-state index is 0.275. The highest BCUT2D eigenvalue weighted by Gasteiger charge is 2.13. The molecule has 0 amide bonds. The Kier molecular flexibility index (Phi) is 2.93. The zero-order chi connectivity index (χ0) is 12.4. The van der Waals surface area contributed by atoms with Crippen molar-refractivity contribution in [1.82, 2.24) is 4.98 Å². The SMILES string of the molecule is Nc1nc(CCOc2ccc3c(c2)OCO3)cs1. The lowest BCUT2D eigenvalue weighted by Gasteiger charge is -2.05. The minimum absolute atomic E-state index is 0.275. The smallest absolute Gasteiger partial charge is 0.231 e. The number of nitrogens with two attached hydrogens (primary N) is 1. The number of nitrogens with zero attached hydrogens (tertiary/aromatic N) is 1. The van der Waals surface area contributed by atoms with Crippen molar-refractivity contribution in [3.63, 3.8) is 0 Å². The Labute approximate surface area is 108 Å². The lowest BCUT2D eigenvalue weighted by Crippen LogP contribution is -2.01. The van der Waals surface area contributed by atoms with Gasteiger partial charge in [0.1, 0.15) is 5.75 Å². The van der Waals surface area contributed by atoms with Gasteiger partial charge in [0, 0.05) is 17.9 Å². The Morgan fingerprint density at radius 2 is 2.22 bits per heavy atom. The van der Waals surface area contributed by atoms with Crippen molar-refractivity contribution in [2.45, 2.75) is 6.42 Å². The summed E-state index contributed by atoms with van der Waals surface area (Å²) in [6.07, 6.45) is 0.738. The molecule has 0 saturated heterocycles. The van der Waals surface area contributed by atoms with Crippen LogP contribution in [0, 0.1) is 0 Å². The molecular weight excluding hydrogens is 252 g/mol. The number of hydrogen-bond donors (Lipinski definition) is 1.